The van der Waals surface area contributed by atoms with Crippen molar-refractivity contribution in [2.45, 2.75) is 45.4 Å². The lowest BCUT2D eigenvalue weighted by molar-refractivity contribution is -0.127. The number of anilines is 1. The van der Waals surface area contributed by atoms with E-state index in [2.05, 4.69) is 10.6 Å². The SMILES string of the molecule is CCCNC(=O)c1cc(-c2ccccc2)sc1NC(=O)C12CC3CC1C[C@@H](C3)C2. The number of thiophene rings is 1. The van der Waals surface area contributed by atoms with Gasteiger partial charge in [-0.15, -0.1) is 11.3 Å². The van der Waals surface area contributed by atoms with Gasteiger partial charge in [0.2, 0.25) is 5.91 Å². The topological polar surface area (TPSA) is 58.2 Å². The lowest BCUT2D eigenvalue weighted by Crippen LogP contribution is -2.37. The quantitative estimate of drug-likeness (QED) is 0.680. The average molecular weight is 409 g/mol. The van der Waals surface area contributed by atoms with Crippen LogP contribution in [-0.2, 0) is 4.79 Å². The molecule has 4 fully saturated rings. The van der Waals surface area contributed by atoms with E-state index in [4.69, 9.17) is 0 Å². The molecule has 152 valence electrons. The summed E-state index contributed by atoms with van der Waals surface area (Å²) in [6, 6.07) is 12.0. The Morgan fingerprint density at radius 1 is 1.10 bits per heavy atom. The fraction of sp³-hybridized carbons (Fsp3) is 0.500. The standard InChI is InChI=1S/C24H28N2O2S/c1-2-8-25-21(27)19-12-20(17-6-4-3-5-7-17)29-22(19)26-23(28)24-13-15-9-16(14-24)11-18(24)10-15/h3-7,12,15-16,18H,2,8-11,13-14H2,1H3,(H,25,27)(H,26,28)/t15-,16?,18?,24?/m1/s1. The summed E-state index contributed by atoms with van der Waals surface area (Å²) >= 11 is 1.51. The summed E-state index contributed by atoms with van der Waals surface area (Å²) < 4.78 is 0. The number of amides is 2. The van der Waals surface area contributed by atoms with E-state index < -0.39 is 0 Å². The molecule has 4 bridgehead atoms. The van der Waals surface area contributed by atoms with Crippen molar-refractivity contribution in [1.29, 1.82) is 0 Å². The Morgan fingerprint density at radius 3 is 2.52 bits per heavy atom. The first-order valence-electron chi connectivity index (χ1n) is 10.9. The molecule has 2 aromatic rings. The van der Waals surface area contributed by atoms with Gasteiger partial charge in [0.25, 0.3) is 5.91 Å². The molecule has 0 aliphatic heterocycles. The summed E-state index contributed by atoms with van der Waals surface area (Å²) in [6.07, 6.45) is 6.70. The normalized spacial score (nSPS) is 29.2. The molecule has 1 aromatic heterocycles. The van der Waals surface area contributed by atoms with Crippen molar-refractivity contribution in [2.24, 2.45) is 23.2 Å². The maximum absolute atomic E-state index is 13.5. The van der Waals surface area contributed by atoms with Crippen LogP contribution in [0.1, 0.15) is 55.8 Å². The van der Waals surface area contributed by atoms with Gasteiger partial charge in [-0.2, -0.15) is 0 Å². The van der Waals surface area contributed by atoms with Crippen molar-refractivity contribution in [3.8, 4) is 10.4 Å². The molecule has 0 radical (unpaired) electrons. The van der Waals surface area contributed by atoms with E-state index in [9.17, 15) is 9.59 Å². The van der Waals surface area contributed by atoms with Gasteiger partial charge in [-0.05, 0) is 67.9 Å². The van der Waals surface area contributed by atoms with Gasteiger partial charge >= 0.3 is 0 Å². The fourth-order valence-electron chi connectivity index (χ4n) is 6.13. The molecule has 4 aliphatic rings. The van der Waals surface area contributed by atoms with Crippen molar-refractivity contribution >= 4 is 28.2 Å². The number of rotatable bonds is 6. The molecule has 5 heteroatoms. The summed E-state index contributed by atoms with van der Waals surface area (Å²) in [5.41, 5.74) is 1.47. The van der Waals surface area contributed by atoms with Crippen molar-refractivity contribution < 1.29 is 9.59 Å². The number of benzene rings is 1. The lowest BCUT2D eigenvalue weighted by atomic mass is 9.75. The van der Waals surface area contributed by atoms with Gasteiger partial charge in [-0.3, -0.25) is 9.59 Å². The van der Waals surface area contributed by atoms with Crippen LogP contribution in [0.3, 0.4) is 0 Å². The minimum atomic E-state index is -0.193. The van der Waals surface area contributed by atoms with Crippen LogP contribution < -0.4 is 10.6 Å². The summed E-state index contributed by atoms with van der Waals surface area (Å²) in [4.78, 5) is 27.3. The van der Waals surface area contributed by atoms with E-state index in [1.165, 1.54) is 30.6 Å². The predicted octanol–water partition coefficient (Wildman–Crippen LogP) is 5.32. The second-order valence-corrected chi connectivity index (χ2v) is 10.2. The Kier molecular flexibility index (Phi) is 4.73. The number of carbonyl (C=O) groups is 2. The highest BCUT2D eigenvalue weighted by Crippen LogP contribution is 2.65. The molecular weight excluding hydrogens is 380 g/mol. The minimum Gasteiger partial charge on any atom is -0.352 e. The molecule has 4 saturated carbocycles. The fourth-order valence-corrected chi connectivity index (χ4v) is 7.18. The number of hydrogen-bond acceptors (Lipinski definition) is 3. The Morgan fingerprint density at radius 2 is 1.83 bits per heavy atom. The summed E-state index contributed by atoms with van der Waals surface area (Å²) in [7, 11) is 0. The van der Waals surface area contributed by atoms with Crippen LogP contribution in [0, 0.1) is 23.2 Å². The Hall–Kier alpha value is -2.14. The third-order valence-electron chi connectivity index (χ3n) is 7.24. The Bertz CT molecular complexity index is 922. The van der Waals surface area contributed by atoms with Crippen molar-refractivity contribution in [1.82, 2.24) is 5.32 Å². The molecule has 0 saturated heterocycles. The molecule has 0 spiro atoms. The second-order valence-electron chi connectivity index (χ2n) is 9.13. The van der Waals surface area contributed by atoms with E-state index in [0.717, 1.165) is 41.5 Å². The highest BCUT2D eigenvalue weighted by Gasteiger charge is 2.61. The van der Waals surface area contributed by atoms with E-state index >= 15 is 0 Å². The first-order valence-corrected chi connectivity index (χ1v) is 11.7. The molecule has 1 heterocycles. The van der Waals surface area contributed by atoms with Gasteiger partial charge < -0.3 is 10.6 Å². The van der Waals surface area contributed by atoms with E-state index in [1.54, 1.807) is 0 Å². The van der Waals surface area contributed by atoms with Crippen LogP contribution in [0.4, 0.5) is 5.00 Å². The molecular formula is C24H28N2O2S. The number of carbonyl (C=O) groups excluding carboxylic acids is 2. The van der Waals surface area contributed by atoms with E-state index in [-0.39, 0.29) is 17.2 Å². The number of nitrogens with one attached hydrogen (secondary N) is 2. The summed E-state index contributed by atoms with van der Waals surface area (Å²) in [6.45, 7) is 2.68. The Labute approximate surface area is 176 Å². The molecule has 2 N–H and O–H groups in total. The van der Waals surface area contributed by atoms with Crippen LogP contribution in [0.25, 0.3) is 10.4 Å². The van der Waals surface area contributed by atoms with Crippen LogP contribution in [-0.4, -0.2) is 18.4 Å². The monoisotopic (exact) mass is 408 g/mol. The zero-order valence-corrected chi connectivity index (χ0v) is 17.7. The average Bonchev–Trinajstić information content (AvgIpc) is 3.34. The van der Waals surface area contributed by atoms with Gasteiger partial charge in [0.05, 0.1) is 11.0 Å². The number of hydrogen-bond donors (Lipinski definition) is 2. The van der Waals surface area contributed by atoms with Crippen molar-refractivity contribution in [3.05, 3.63) is 42.0 Å². The molecule has 4 aliphatic carbocycles. The molecule has 1 aromatic carbocycles. The molecule has 6 rings (SSSR count). The highest BCUT2D eigenvalue weighted by molar-refractivity contribution is 7.20. The second kappa shape index (κ2) is 7.28. The van der Waals surface area contributed by atoms with E-state index in [1.807, 2.05) is 43.3 Å². The summed E-state index contributed by atoms with van der Waals surface area (Å²) in [5.74, 6) is 2.05. The Balaban J connectivity index is 1.44. The van der Waals surface area contributed by atoms with Crippen LogP contribution in [0.2, 0.25) is 0 Å². The molecule has 2 amide bonds. The molecule has 29 heavy (non-hydrogen) atoms. The first-order chi connectivity index (χ1) is 14.1. The van der Waals surface area contributed by atoms with Crippen molar-refractivity contribution in [3.63, 3.8) is 0 Å². The van der Waals surface area contributed by atoms with Gasteiger partial charge in [0.1, 0.15) is 5.00 Å². The van der Waals surface area contributed by atoms with Gasteiger partial charge in [0, 0.05) is 11.4 Å². The highest BCUT2D eigenvalue weighted by atomic mass is 32.1. The minimum absolute atomic E-state index is 0.102. The van der Waals surface area contributed by atoms with Crippen LogP contribution >= 0.6 is 11.3 Å². The maximum atomic E-state index is 13.5. The van der Waals surface area contributed by atoms with E-state index in [0.29, 0.717) is 23.0 Å². The third-order valence-corrected chi connectivity index (χ3v) is 8.34. The lowest BCUT2D eigenvalue weighted by Gasteiger charge is -2.31. The van der Waals surface area contributed by atoms with Gasteiger partial charge in [-0.1, -0.05) is 37.3 Å². The van der Waals surface area contributed by atoms with Gasteiger partial charge in [-0.25, -0.2) is 0 Å². The summed E-state index contributed by atoms with van der Waals surface area (Å²) in [5, 5.41) is 6.89. The smallest absolute Gasteiger partial charge is 0.254 e. The zero-order valence-electron chi connectivity index (χ0n) is 16.9. The largest absolute Gasteiger partial charge is 0.352 e. The first kappa shape index (κ1) is 18.9. The van der Waals surface area contributed by atoms with Gasteiger partial charge in [0.15, 0.2) is 0 Å². The molecule has 4 nitrogen and oxygen atoms in total. The zero-order chi connectivity index (χ0) is 20.0. The third kappa shape index (κ3) is 3.20. The predicted molar refractivity (Wildman–Crippen MR) is 117 cm³/mol. The maximum Gasteiger partial charge on any atom is 0.254 e. The van der Waals surface area contributed by atoms with Crippen LogP contribution in [0.5, 0.6) is 0 Å². The molecule has 4 atom stereocenters. The van der Waals surface area contributed by atoms with Crippen LogP contribution in [0.15, 0.2) is 36.4 Å². The van der Waals surface area contributed by atoms with Crippen molar-refractivity contribution in [2.75, 3.05) is 11.9 Å². The molecule has 3 unspecified atom stereocenters.